The van der Waals surface area contributed by atoms with Gasteiger partial charge in [0.2, 0.25) is 5.91 Å². The molecule has 2 saturated carbocycles. The highest BCUT2D eigenvalue weighted by Gasteiger charge is 2.33. The van der Waals surface area contributed by atoms with Gasteiger partial charge in [0.15, 0.2) is 0 Å². The lowest BCUT2D eigenvalue weighted by Crippen LogP contribution is -2.50. The first-order chi connectivity index (χ1) is 17.8. The average Bonchev–Trinajstić information content (AvgIpc) is 3.64. The number of aromatic nitrogens is 3. The topological polar surface area (TPSA) is 129 Å². The first-order valence-corrected chi connectivity index (χ1v) is 12.4. The third-order valence-electron chi connectivity index (χ3n) is 6.96. The number of amides is 2. The molecule has 0 radical (unpaired) electrons. The summed E-state index contributed by atoms with van der Waals surface area (Å²) in [6.07, 6.45) is 3.01. The summed E-state index contributed by atoms with van der Waals surface area (Å²) in [6, 6.07) is 3.13. The molecule has 3 aromatic rings. The van der Waals surface area contributed by atoms with E-state index in [1.54, 1.807) is 13.0 Å². The van der Waals surface area contributed by atoms with Crippen molar-refractivity contribution in [2.24, 2.45) is 5.92 Å². The Balaban J connectivity index is 1.39. The number of fused-ring (bicyclic) bond motifs is 1. The zero-order chi connectivity index (χ0) is 26.1. The molecule has 0 saturated heterocycles. The van der Waals surface area contributed by atoms with E-state index in [4.69, 9.17) is 9.84 Å². The SMILES string of the molecule is Cc1[nH]c2c(-c3cc(F)ccc3OCC3CC3)ncnc2c1C(=O)N[C@H]1CC[C@H](NC(=O)CO)C[C@H]1F. The van der Waals surface area contributed by atoms with Gasteiger partial charge in [0.05, 0.1) is 23.7 Å². The van der Waals surface area contributed by atoms with Gasteiger partial charge < -0.3 is 25.5 Å². The van der Waals surface area contributed by atoms with Crippen LogP contribution in [-0.4, -0.2) is 63.3 Å². The minimum absolute atomic E-state index is 0.0408. The molecule has 2 aliphatic rings. The van der Waals surface area contributed by atoms with E-state index in [2.05, 4.69) is 25.6 Å². The van der Waals surface area contributed by atoms with Crippen LogP contribution in [0.1, 0.15) is 48.2 Å². The zero-order valence-electron chi connectivity index (χ0n) is 20.4. The first kappa shape index (κ1) is 25.1. The number of hydrogen-bond acceptors (Lipinski definition) is 6. The average molecular weight is 514 g/mol. The summed E-state index contributed by atoms with van der Waals surface area (Å²) >= 11 is 0. The van der Waals surface area contributed by atoms with E-state index in [1.807, 2.05) is 0 Å². The summed E-state index contributed by atoms with van der Waals surface area (Å²) in [6.45, 7) is 1.60. The largest absolute Gasteiger partial charge is 0.493 e. The van der Waals surface area contributed by atoms with Crippen molar-refractivity contribution in [1.29, 1.82) is 0 Å². The number of rotatable bonds is 8. The van der Waals surface area contributed by atoms with Crippen molar-refractivity contribution < 1.29 is 28.2 Å². The molecular formula is C26H29F2N5O4. The minimum Gasteiger partial charge on any atom is -0.493 e. The van der Waals surface area contributed by atoms with Crippen LogP contribution in [0.3, 0.4) is 0 Å². The number of nitrogens with zero attached hydrogens (tertiary/aromatic N) is 2. The van der Waals surface area contributed by atoms with Crippen LogP contribution in [0.25, 0.3) is 22.3 Å². The van der Waals surface area contributed by atoms with Gasteiger partial charge >= 0.3 is 0 Å². The van der Waals surface area contributed by atoms with Gasteiger partial charge in [0.25, 0.3) is 5.91 Å². The fourth-order valence-corrected chi connectivity index (χ4v) is 4.83. The van der Waals surface area contributed by atoms with Gasteiger partial charge in [-0.15, -0.1) is 0 Å². The lowest BCUT2D eigenvalue weighted by atomic mass is 9.89. The maximum atomic E-state index is 14.9. The number of nitrogens with one attached hydrogen (secondary N) is 3. The van der Waals surface area contributed by atoms with Crippen LogP contribution in [0, 0.1) is 18.7 Å². The predicted molar refractivity (Wildman–Crippen MR) is 131 cm³/mol. The van der Waals surface area contributed by atoms with Gasteiger partial charge in [-0.1, -0.05) is 0 Å². The Kier molecular flexibility index (Phi) is 7.05. The highest BCUT2D eigenvalue weighted by molar-refractivity contribution is 6.09. The van der Waals surface area contributed by atoms with E-state index in [0.717, 1.165) is 12.8 Å². The highest BCUT2D eigenvalue weighted by Crippen LogP contribution is 2.37. The predicted octanol–water partition coefficient (Wildman–Crippen LogP) is 2.96. The Morgan fingerprint density at radius 1 is 1.19 bits per heavy atom. The van der Waals surface area contributed by atoms with Gasteiger partial charge in [-0.25, -0.2) is 18.7 Å². The van der Waals surface area contributed by atoms with E-state index >= 15 is 0 Å². The van der Waals surface area contributed by atoms with Crippen molar-refractivity contribution in [3.8, 4) is 17.0 Å². The molecule has 2 heterocycles. The van der Waals surface area contributed by atoms with E-state index in [0.29, 0.717) is 59.1 Å². The normalized spacial score (nSPS) is 21.6. The summed E-state index contributed by atoms with van der Waals surface area (Å²) in [5.41, 5.74) is 2.44. The molecule has 2 amide bonds. The quantitative estimate of drug-likeness (QED) is 0.367. The molecule has 4 N–H and O–H groups in total. The smallest absolute Gasteiger partial charge is 0.255 e. The van der Waals surface area contributed by atoms with Crippen molar-refractivity contribution >= 4 is 22.8 Å². The Morgan fingerprint density at radius 3 is 2.73 bits per heavy atom. The molecule has 0 unspecified atom stereocenters. The highest BCUT2D eigenvalue weighted by atomic mass is 19.1. The number of hydrogen-bond donors (Lipinski definition) is 4. The number of aliphatic hydroxyl groups is 1. The Morgan fingerprint density at radius 2 is 2.00 bits per heavy atom. The number of ether oxygens (including phenoxy) is 1. The molecule has 1 aromatic carbocycles. The fraction of sp³-hybridized carbons (Fsp3) is 0.462. The molecule has 3 atom stereocenters. The van der Waals surface area contributed by atoms with Crippen molar-refractivity contribution in [3.63, 3.8) is 0 Å². The van der Waals surface area contributed by atoms with Crippen LogP contribution in [0.15, 0.2) is 24.5 Å². The second-order valence-electron chi connectivity index (χ2n) is 9.80. The minimum atomic E-state index is -1.36. The maximum absolute atomic E-state index is 14.9. The maximum Gasteiger partial charge on any atom is 0.255 e. The van der Waals surface area contributed by atoms with E-state index in [9.17, 15) is 18.4 Å². The van der Waals surface area contributed by atoms with Crippen molar-refractivity contribution in [2.45, 2.75) is 57.3 Å². The Hall–Kier alpha value is -3.60. The fourth-order valence-electron chi connectivity index (χ4n) is 4.83. The van der Waals surface area contributed by atoms with E-state index < -0.39 is 42.5 Å². The number of aliphatic hydroxyl groups excluding tert-OH is 1. The summed E-state index contributed by atoms with van der Waals surface area (Å²) in [5, 5.41) is 14.2. The molecule has 2 aromatic heterocycles. The Bertz CT molecular complexity index is 1330. The third kappa shape index (κ3) is 5.41. The molecule has 2 aliphatic carbocycles. The number of H-pyrrole nitrogens is 1. The number of alkyl halides is 1. The van der Waals surface area contributed by atoms with E-state index in [1.165, 1.54) is 18.5 Å². The number of carbonyl (C=O) groups is 2. The van der Waals surface area contributed by atoms with Crippen LogP contribution in [0.2, 0.25) is 0 Å². The lowest BCUT2D eigenvalue weighted by Gasteiger charge is -2.32. The first-order valence-electron chi connectivity index (χ1n) is 12.4. The van der Waals surface area contributed by atoms with Crippen LogP contribution in [0.5, 0.6) is 5.75 Å². The number of carbonyl (C=O) groups excluding carboxylic acids is 2. The van der Waals surface area contributed by atoms with Gasteiger partial charge in [-0.3, -0.25) is 9.59 Å². The zero-order valence-corrected chi connectivity index (χ0v) is 20.4. The molecular weight excluding hydrogens is 484 g/mol. The second-order valence-corrected chi connectivity index (χ2v) is 9.80. The van der Waals surface area contributed by atoms with E-state index in [-0.39, 0.29) is 12.0 Å². The monoisotopic (exact) mass is 513 g/mol. The summed E-state index contributed by atoms with van der Waals surface area (Å²) in [5.74, 6) is -0.475. The van der Waals surface area contributed by atoms with Crippen molar-refractivity contribution in [2.75, 3.05) is 13.2 Å². The number of halogens is 2. The summed E-state index contributed by atoms with van der Waals surface area (Å²) in [4.78, 5) is 36.5. The van der Waals surface area contributed by atoms with Crippen LogP contribution in [0.4, 0.5) is 8.78 Å². The molecule has 5 rings (SSSR count). The Labute approximate surface area is 212 Å². The molecule has 0 bridgehead atoms. The molecule has 196 valence electrons. The molecule has 9 nitrogen and oxygen atoms in total. The number of aryl methyl sites for hydroxylation is 1. The van der Waals surface area contributed by atoms with Crippen molar-refractivity contribution in [3.05, 3.63) is 41.6 Å². The lowest BCUT2D eigenvalue weighted by molar-refractivity contribution is -0.124. The molecule has 0 spiro atoms. The van der Waals surface area contributed by atoms with Gasteiger partial charge in [0, 0.05) is 23.7 Å². The third-order valence-corrected chi connectivity index (χ3v) is 6.96. The van der Waals surface area contributed by atoms with Crippen LogP contribution in [-0.2, 0) is 4.79 Å². The standard InChI is InChI=1S/C26H29F2N5O4/c1-13-22(26(36)33-19-6-5-16(9-18(19)28)32-21(35)10-34)24-25(31-13)23(29-12-30-24)17-8-15(27)4-7-20(17)37-11-14-2-3-14/h4,7-8,12,14,16,18-19,31,34H,2-3,5-6,9-11H2,1H3,(H,32,35)(H,33,36)/t16-,18+,19-/m0/s1. The number of aromatic amines is 1. The van der Waals surface area contributed by atoms with Gasteiger partial charge in [-0.2, -0.15) is 0 Å². The molecule has 37 heavy (non-hydrogen) atoms. The molecule has 2 fully saturated rings. The second kappa shape index (κ2) is 10.4. The van der Waals surface area contributed by atoms with Crippen LogP contribution < -0.4 is 15.4 Å². The van der Waals surface area contributed by atoms with Crippen molar-refractivity contribution in [1.82, 2.24) is 25.6 Å². The van der Waals surface area contributed by atoms with Crippen LogP contribution >= 0.6 is 0 Å². The number of benzene rings is 1. The molecule has 0 aliphatic heterocycles. The van der Waals surface area contributed by atoms with Gasteiger partial charge in [0.1, 0.15) is 41.9 Å². The van der Waals surface area contributed by atoms with Gasteiger partial charge in [-0.05, 0) is 56.7 Å². The summed E-state index contributed by atoms with van der Waals surface area (Å²) < 4.78 is 35.0. The molecule has 11 heteroatoms. The summed E-state index contributed by atoms with van der Waals surface area (Å²) in [7, 11) is 0.